The summed E-state index contributed by atoms with van der Waals surface area (Å²) in [5.74, 6) is -1.60. The lowest BCUT2D eigenvalue weighted by Gasteiger charge is -2.06. The minimum absolute atomic E-state index is 0.0486. The summed E-state index contributed by atoms with van der Waals surface area (Å²) < 4.78 is 38.4. The molecule has 0 saturated carbocycles. The van der Waals surface area contributed by atoms with Gasteiger partial charge >= 0.3 is 6.18 Å². The number of aryl methyl sites for hydroxylation is 1. The molecule has 0 saturated heterocycles. The fourth-order valence-corrected chi connectivity index (χ4v) is 3.12. The topological polar surface area (TPSA) is 97.3 Å². The van der Waals surface area contributed by atoms with Crippen LogP contribution in [0.5, 0.6) is 0 Å². The number of hydrogen-bond acceptors (Lipinski definition) is 7. The number of tetrazole rings is 1. The molecule has 0 N–H and O–H groups in total. The lowest BCUT2D eigenvalue weighted by molar-refractivity contribution is -0.137. The first kappa shape index (κ1) is 18.7. The molecule has 0 bridgehead atoms. The van der Waals surface area contributed by atoms with Crippen LogP contribution in [0.25, 0.3) is 11.4 Å². The van der Waals surface area contributed by atoms with Crippen LogP contribution in [0, 0.1) is 18.3 Å². The van der Waals surface area contributed by atoms with E-state index in [0.29, 0.717) is 10.7 Å². The van der Waals surface area contributed by atoms with Gasteiger partial charge in [0.1, 0.15) is 11.6 Å². The van der Waals surface area contributed by atoms with Crippen LogP contribution in [-0.4, -0.2) is 31.0 Å². The van der Waals surface area contributed by atoms with E-state index in [0.717, 1.165) is 16.9 Å². The van der Waals surface area contributed by atoms with Crippen LogP contribution in [0.4, 0.5) is 13.2 Å². The molecule has 0 radical (unpaired) electrons. The van der Waals surface area contributed by atoms with E-state index in [2.05, 4.69) is 20.4 Å². The first-order valence-electron chi connectivity index (χ1n) is 7.57. The van der Waals surface area contributed by atoms with Crippen molar-refractivity contribution >= 4 is 17.1 Å². The van der Waals surface area contributed by atoms with Crippen molar-refractivity contribution in [3.8, 4) is 17.5 Å². The third-order valence-electron chi connectivity index (χ3n) is 3.53. The fraction of sp³-hybridized carbons (Fsp3) is 0.250. The smallest absolute Gasteiger partial charge is 0.296 e. The van der Waals surface area contributed by atoms with Gasteiger partial charge in [0.05, 0.1) is 11.6 Å². The lowest BCUT2D eigenvalue weighted by Crippen LogP contribution is -2.19. The number of thiazole rings is 1. The maximum atomic E-state index is 12.8. The Morgan fingerprint density at radius 3 is 2.81 bits per heavy atom. The van der Waals surface area contributed by atoms with Crippen LogP contribution in [0.2, 0.25) is 0 Å². The van der Waals surface area contributed by atoms with E-state index >= 15 is 0 Å². The monoisotopic (exact) mass is 392 g/mol. The molecule has 0 fully saturated rings. The number of carbonyl (C=O) groups excluding carboxylic acids is 1. The van der Waals surface area contributed by atoms with Gasteiger partial charge in [-0.25, -0.2) is 4.98 Å². The van der Waals surface area contributed by atoms with Gasteiger partial charge in [-0.3, -0.25) is 4.79 Å². The number of aromatic nitrogens is 5. The molecule has 138 valence electrons. The van der Waals surface area contributed by atoms with Crippen molar-refractivity contribution < 1.29 is 18.0 Å². The van der Waals surface area contributed by atoms with E-state index in [1.165, 1.54) is 23.5 Å². The third kappa shape index (κ3) is 4.17. The van der Waals surface area contributed by atoms with Gasteiger partial charge in [-0.1, -0.05) is 12.1 Å². The summed E-state index contributed by atoms with van der Waals surface area (Å²) in [5, 5.41) is 22.7. The summed E-state index contributed by atoms with van der Waals surface area (Å²) in [6.45, 7) is 1.40. The van der Waals surface area contributed by atoms with E-state index in [9.17, 15) is 23.2 Å². The summed E-state index contributed by atoms with van der Waals surface area (Å²) in [4.78, 5) is 17.4. The van der Waals surface area contributed by atoms with Crippen LogP contribution in [0.15, 0.2) is 29.6 Å². The molecule has 7 nitrogen and oxygen atoms in total. The zero-order valence-electron chi connectivity index (χ0n) is 13.8. The van der Waals surface area contributed by atoms with Crippen molar-refractivity contribution in [1.82, 2.24) is 25.2 Å². The summed E-state index contributed by atoms with van der Waals surface area (Å²) >= 11 is 1.20. The highest BCUT2D eigenvalue weighted by molar-refractivity contribution is 7.09. The first-order chi connectivity index (χ1) is 12.8. The fourth-order valence-electron chi connectivity index (χ4n) is 2.26. The van der Waals surface area contributed by atoms with Crippen molar-refractivity contribution in [3.63, 3.8) is 0 Å². The van der Waals surface area contributed by atoms with Gasteiger partial charge in [0.2, 0.25) is 5.82 Å². The van der Waals surface area contributed by atoms with Crippen molar-refractivity contribution in [1.29, 1.82) is 5.26 Å². The number of halogens is 3. The summed E-state index contributed by atoms with van der Waals surface area (Å²) in [7, 11) is 0. The number of nitrogens with zero attached hydrogens (tertiary/aromatic N) is 6. The Bertz CT molecular complexity index is 1020. The molecule has 0 aliphatic carbocycles. The highest BCUT2D eigenvalue weighted by Crippen LogP contribution is 2.31. The molecule has 0 aliphatic heterocycles. The number of rotatable bonds is 5. The van der Waals surface area contributed by atoms with Crippen LogP contribution >= 0.6 is 11.3 Å². The second-order valence-corrected chi connectivity index (χ2v) is 6.47. The third-order valence-corrected chi connectivity index (χ3v) is 4.56. The van der Waals surface area contributed by atoms with Crippen LogP contribution in [-0.2, 0) is 17.5 Å². The zero-order chi connectivity index (χ0) is 19.6. The number of hydrogen-bond donors (Lipinski definition) is 0. The SMILES string of the molecule is Cc1csc([C@H](C#N)C(=O)Cn2nnc(-c3cccc(C(F)(F)F)c3)n2)n1. The highest BCUT2D eigenvalue weighted by Gasteiger charge is 2.31. The molecule has 3 aromatic rings. The Morgan fingerprint density at radius 2 is 2.19 bits per heavy atom. The molecule has 11 heteroatoms. The molecule has 2 aromatic heterocycles. The lowest BCUT2D eigenvalue weighted by atomic mass is 10.1. The Kier molecular flexibility index (Phi) is 5.00. The van der Waals surface area contributed by atoms with Crippen molar-refractivity contribution in [2.24, 2.45) is 0 Å². The van der Waals surface area contributed by atoms with E-state index in [-0.39, 0.29) is 17.9 Å². The Morgan fingerprint density at radius 1 is 1.41 bits per heavy atom. The van der Waals surface area contributed by atoms with Crippen LogP contribution in [0.1, 0.15) is 22.2 Å². The molecule has 0 amide bonds. The molecule has 0 aliphatic rings. The van der Waals surface area contributed by atoms with E-state index in [1.807, 2.05) is 6.07 Å². The second-order valence-electron chi connectivity index (χ2n) is 5.58. The van der Waals surface area contributed by atoms with Crippen molar-refractivity contribution in [2.45, 2.75) is 25.6 Å². The number of Topliss-reactive ketones (excluding diaryl/α,β-unsaturated/α-hetero) is 1. The Hall–Kier alpha value is -3.13. The molecule has 0 unspecified atom stereocenters. The van der Waals surface area contributed by atoms with E-state index in [1.54, 1.807) is 12.3 Å². The summed E-state index contributed by atoms with van der Waals surface area (Å²) in [6, 6.07) is 6.38. The maximum absolute atomic E-state index is 12.8. The van der Waals surface area contributed by atoms with Crippen molar-refractivity contribution in [3.05, 3.63) is 45.9 Å². The number of nitriles is 1. The number of alkyl halides is 3. The number of carbonyl (C=O) groups is 1. The molecule has 2 heterocycles. The predicted molar refractivity (Wildman–Crippen MR) is 88.5 cm³/mol. The molecule has 3 rings (SSSR count). The standard InChI is InChI=1S/C16H11F3N6OS/c1-9-8-27-15(21-9)12(6-20)13(26)7-25-23-14(22-24-25)10-3-2-4-11(5-10)16(17,18)19/h2-5,8,12H,7H2,1H3/t12-/m1/s1. The number of ketones is 1. The highest BCUT2D eigenvalue weighted by atomic mass is 32.1. The van der Waals surface area contributed by atoms with Gasteiger partial charge in [-0.05, 0) is 24.3 Å². The largest absolute Gasteiger partial charge is 0.416 e. The quantitative estimate of drug-likeness (QED) is 0.662. The van der Waals surface area contributed by atoms with E-state index < -0.39 is 23.4 Å². The molecule has 1 atom stereocenters. The molecule has 1 aromatic carbocycles. The Labute approximate surface area is 155 Å². The van der Waals surface area contributed by atoms with Crippen LogP contribution < -0.4 is 0 Å². The predicted octanol–water partition coefficient (Wildman–Crippen LogP) is 3.00. The van der Waals surface area contributed by atoms with Crippen LogP contribution in [0.3, 0.4) is 0 Å². The maximum Gasteiger partial charge on any atom is 0.416 e. The normalized spacial score (nSPS) is 12.6. The molecular formula is C16H11F3N6OS. The summed E-state index contributed by atoms with van der Waals surface area (Å²) in [5.41, 5.74) is -0.0132. The summed E-state index contributed by atoms with van der Waals surface area (Å²) in [6.07, 6.45) is -4.49. The molecular weight excluding hydrogens is 381 g/mol. The zero-order valence-corrected chi connectivity index (χ0v) is 14.6. The van der Waals surface area contributed by atoms with Gasteiger partial charge < -0.3 is 0 Å². The van der Waals surface area contributed by atoms with Crippen molar-refractivity contribution in [2.75, 3.05) is 0 Å². The van der Waals surface area contributed by atoms with Gasteiger partial charge in [0, 0.05) is 16.6 Å². The average molecular weight is 392 g/mol. The second kappa shape index (κ2) is 7.24. The van der Waals surface area contributed by atoms with Gasteiger partial charge in [0.15, 0.2) is 11.7 Å². The first-order valence-corrected chi connectivity index (χ1v) is 8.45. The Balaban J connectivity index is 1.78. The minimum Gasteiger partial charge on any atom is -0.296 e. The molecule has 0 spiro atoms. The van der Waals surface area contributed by atoms with Gasteiger partial charge in [-0.2, -0.15) is 23.2 Å². The molecule has 27 heavy (non-hydrogen) atoms. The van der Waals surface area contributed by atoms with Gasteiger partial charge in [0.25, 0.3) is 0 Å². The van der Waals surface area contributed by atoms with E-state index in [4.69, 9.17) is 0 Å². The number of benzene rings is 1. The average Bonchev–Trinajstić information content (AvgIpc) is 3.24. The minimum atomic E-state index is -4.49. The van der Waals surface area contributed by atoms with Gasteiger partial charge in [-0.15, -0.1) is 21.5 Å².